The van der Waals surface area contributed by atoms with Gasteiger partial charge in [-0.2, -0.15) is 5.10 Å². The molecule has 1 saturated heterocycles. The number of hydrogen-bond donors (Lipinski definition) is 0. The van der Waals surface area contributed by atoms with Crippen molar-refractivity contribution >= 4 is 22.5 Å². The molecule has 0 amide bonds. The molecular formula is C16H19N5S. The summed E-state index contributed by atoms with van der Waals surface area (Å²) in [5.41, 5.74) is 2.96. The Morgan fingerprint density at radius 1 is 1.32 bits per heavy atom. The van der Waals surface area contributed by atoms with E-state index in [1.54, 1.807) is 12.4 Å². The first kappa shape index (κ1) is 13.8. The van der Waals surface area contributed by atoms with Gasteiger partial charge < -0.3 is 0 Å². The van der Waals surface area contributed by atoms with Gasteiger partial charge in [0, 0.05) is 43.3 Å². The zero-order chi connectivity index (χ0) is 14.9. The first-order valence-corrected chi connectivity index (χ1v) is 8.57. The third-order valence-corrected chi connectivity index (χ3v) is 5.20. The van der Waals surface area contributed by atoms with Crippen LogP contribution in [0.2, 0.25) is 0 Å². The average molecular weight is 313 g/mol. The molecule has 0 N–H and O–H groups in total. The van der Waals surface area contributed by atoms with E-state index in [1.807, 2.05) is 23.1 Å². The van der Waals surface area contributed by atoms with Crippen LogP contribution in [0, 0.1) is 0 Å². The number of aromatic nitrogens is 4. The number of hydrogen-bond acceptors (Lipinski definition) is 5. The normalized spacial score (nSPS) is 19.8. The third kappa shape index (κ3) is 2.53. The van der Waals surface area contributed by atoms with Crippen LogP contribution >= 0.6 is 11.3 Å². The Labute approximate surface area is 133 Å². The van der Waals surface area contributed by atoms with Crippen LogP contribution < -0.4 is 0 Å². The maximum absolute atomic E-state index is 4.71. The fourth-order valence-electron chi connectivity index (χ4n) is 3.32. The van der Waals surface area contributed by atoms with E-state index in [0.717, 1.165) is 29.9 Å². The summed E-state index contributed by atoms with van der Waals surface area (Å²) in [4.78, 5) is 12.9. The molecule has 1 aliphatic heterocycles. The molecule has 3 aromatic heterocycles. The predicted octanol–water partition coefficient (Wildman–Crippen LogP) is 2.80. The van der Waals surface area contributed by atoms with Crippen molar-refractivity contribution in [1.29, 1.82) is 0 Å². The number of aryl methyl sites for hydroxylation is 1. The molecule has 6 heteroatoms. The van der Waals surface area contributed by atoms with Crippen LogP contribution in [0.25, 0.3) is 11.2 Å². The van der Waals surface area contributed by atoms with Crippen LogP contribution in [0.15, 0.2) is 29.9 Å². The lowest BCUT2D eigenvalue weighted by Gasteiger charge is -2.31. The Kier molecular flexibility index (Phi) is 3.63. The van der Waals surface area contributed by atoms with E-state index >= 15 is 0 Å². The summed E-state index contributed by atoms with van der Waals surface area (Å²) < 4.78 is 1.86. The van der Waals surface area contributed by atoms with Gasteiger partial charge in [-0.25, -0.2) is 14.6 Å². The molecule has 0 aliphatic carbocycles. The maximum atomic E-state index is 4.71. The quantitative estimate of drug-likeness (QED) is 0.746. The Morgan fingerprint density at radius 2 is 2.23 bits per heavy atom. The smallest absolute Gasteiger partial charge is 0.176 e. The zero-order valence-corrected chi connectivity index (χ0v) is 13.5. The summed E-state index contributed by atoms with van der Waals surface area (Å²) in [5, 5.41) is 6.86. The van der Waals surface area contributed by atoms with Crippen LogP contribution in [0.1, 0.15) is 29.3 Å². The molecule has 3 aromatic rings. The van der Waals surface area contributed by atoms with Crippen molar-refractivity contribution in [2.45, 2.75) is 25.3 Å². The Balaban J connectivity index is 1.58. The number of thiophene rings is 1. The van der Waals surface area contributed by atoms with Crippen molar-refractivity contribution in [3.05, 3.63) is 40.5 Å². The number of fused-ring (bicyclic) bond motifs is 1. The lowest BCUT2D eigenvalue weighted by atomic mass is 9.94. The van der Waals surface area contributed by atoms with Crippen molar-refractivity contribution in [3.63, 3.8) is 0 Å². The zero-order valence-electron chi connectivity index (χ0n) is 12.6. The van der Waals surface area contributed by atoms with Gasteiger partial charge in [0.15, 0.2) is 5.65 Å². The fourth-order valence-corrected chi connectivity index (χ4v) is 4.07. The molecule has 114 valence electrons. The van der Waals surface area contributed by atoms with Gasteiger partial charge in [0.1, 0.15) is 5.52 Å². The summed E-state index contributed by atoms with van der Waals surface area (Å²) in [7, 11) is 1.95. The van der Waals surface area contributed by atoms with Crippen molar-refractivity contribution in [2.24, 2.45) is 7.05 Å². The van der Waals surface area contributed by atoms with Crippen LogP contribution in [0.5, 0.6) is 0 Å². The Morgan fingerprint density at radius 3 is 3.09 bits per heavy atom. The van der Waals surface area contributed by atoms with Crippen molar-refractivity contribution in [2.75, 3.05) is 13.1 Å². The minimum atomic E-state index is 0.453. The summed E-state index contributed by atoms with van der Waals surface area (Å²) in [6.07, 6.45) is 5.90. The van der Waals surface area contributed by atoms with E-state index in [0.29, 0.717) is 5.92 Å². The van der Waals surface area contributed by atoms with Gasteiger partial charge in [0.25, 0.3) is 0 Å². The average Bonchev–Trinajstić information content (AvgIpc) is 3.16. The monoisotopic (exact) mass is 313 g/mol. The van der Waals surface area contributed by atoms with E-state index in [4.69, 9.17) is 5.10 Å². The topological polar surface area (TPSA) is 46.8 Å². The van der Waals surface area contributed by atoms with E-state index in [-0.39, 0.29) is 0 Å². The molecule has 1 fully saturated rings. The Bertz CT molecular complexity index is 764. The molecule has 0 aromatic carbocycles. The largest absolute Gasteiger partial charge is 0.298 e. The van der Waals surface area contributed by atoms with Crippen LogP contribution in [0.3, 0.4) is 0 Å². The SMILES string of the molecule is Cn1nc([C@@H]2CCCN(Cc3cccs3)C2)c2nccnc21. The van der Waals surface area contributed by atoms with Crippen LogP contribution in [-0.2, 0) is 13.6 Å². The lowest BCUT2D eigenvalue weighted by molar-refractivity contribution is 0.200. The highest BCUT2D eigenvalue weighted by Crippen LogP contribution is 2.30. The highest BCUT2D eigenvalue weighted by molar-refractivity contribution is 7.09. The second-order valence-corrected chi connectivity index (χ2v) is 6.92. The van der Waals surface area contributed by atoms with E-state index in [2.05, 4.69) is 32.4 Å². The highest BCUT2D eigenvalue weighted by atomic mass is 32.1. The molecule has 0 saturated carbocycles. The minimum Gasteiger partial charge on any atom is -0.298 e. The molecule has 4 rings (SSSR count). The van der Waals surface area contributed by atoms with Gasteiger partial charge >= 0.3 is 0 Å². The van der Waals surface area contributed by atoms with E-state index in [9.17, 15) is 0 Å². The van der Waals surface area contributed by atoms with Crippen molar-refractivity contribution in [3.8, 4) is 0 Å². The Hall–Kier alpha value is -1.79. The lowest BCUT2D eigenvalue weighted by Crippen LogP contribution is -2.33. The second-order valence-electron chi connectivity index (χ2n) is 5.89. The van der Waals surface area contributed by atoms with Gasteiger partial charge in [-0.15, -0.1) is 11.3 Å². The maximum Gasteiger partial charge on any atom is 0.176 e. The minimum absolute atomic E-state index is 0.453. The van der Waals surface area contributed by atoms with Gasteiger partial charge in [-0.1, -0.05) is 6.07 Å². The summed E-state index contributed by atoms with van der Waals surface area (Å²) in [6, 6.07) is 4.35. The molecule has 1 atom stereocenters. The molecule has 0 spiro atoms. The second kappa shape index (κ2) is 5.78. The molecule has 5 nitrogen and oxygen atoms in total. The first-order valence-electron chi connectivity index (χ1n) is 7.69. The van der Waals surface area contributed by atoms with Gasteiger partial charge in [0.05, 0.1) is 5.69 Å². The first-order chi connectivity index (χ1) is 10.8. The van der Waals surface area contributed by atoms with E-state index in [1.165, 1.54) is 24.3 Å². The molecule has 4 heterocycles. The molecule has 0 radical (unpaired) electrons. The fraction of sp³-hybridized carbons (Fsp3) is 0.438. The summed E-state index contributed by atoms with van der Waals surface area (Å²) in [6.45, 7) is 3.27. The summed E-state index contributed by atoms with van der Waals surface area (Å²) >= 11 is 1.84. The van der Waals surface area contributed by atoms with Crippen LogP contribution in [0.4, 0.5) is 0 Å². The third-order valence-electron chi connectivity index (χ3n) is 4.34. The van der Waals surface area contributed by atoms with Gasteiger partial charge in [-0.3, -0.25) is 4.90 Å². The van der Waals surface area contributed by atoms with Crippen LogP contribution in [-0.4, -0.2) is 37.7 Å². The highest BCUT2D eigenvalue weighted by Gasteiger charge is 2.26. The van der Waals surface area contributed by atoms with Gasteiger partial charge in [-0.05, 0) is 30.8 Å². The summed E-state index contributed by atoms with van der Waals surface area (Å²) in [5.74, 6) is 0.453. The molecular weight excluding hydrogens is 294 g/mol. The number of piperidine rings is 1. The number of rotatable bonds is 3. The molecule has 0 bridgehead atoms. The van der Waals surface area contributed by atoms with Gasteiger partial charge in [0.2, 0.25) is 0 Å². The molecule has 0 unspecified atom stereocenters. The number of nitrogens with zero attached hydrogens (tertiary/aromatic N) is 5. The van der Waals surface area contributed by atoms with Crippen molar-refractivity contribution < 1.29 is 0 Å². The van der Waals surface area contributed by atoms with E-state index < -0.39 is 0 Å². The predicted molar refractivity (Wildman–Crippen MR) is 87.9 cm³/mol. The number of likely N-dealkylation sites (tertiary alicyclic amines) is 1. The van der Waals surface area contributed by atoms with Crippen molar-refractivity contribution in [1.82, 2.24) is 24.6 Å². The molecule has 1 aliphatic rings. The molecule has 22 heavy (non-hydrogen) atoms. The standard InChI is InChI=1S/C16H19N5S/c1-20-16-15(17-6-7-18-16)14(19-20)12-4-2-8-21(10-12)11-13-5-3-9-22-13/h3,5-7,9,12H,2,4,8,10-11H2,1H3/t12-/m1/s1.